The fourth-order valence-corrected chi connectivity index (χ4v) is 3.73. The lowest BCUT2D eigenvalue weighted by Gasteiger charge is -2.26. The molecule has 0 bridgehead atoms. The molecule has 2 amide bonds. The Balaban J connectivity index is 1.72. The van der Waals surface area contributed by atoms with E-state index in [2.05, 4.69) is 5.32 Å². The topological polar surface area (TPSA) is 71.8 Å². The molecule has 2 heterocycles. The molecule has 1 fully saturated rings. The van der Waals surface area contributed by atoms with Crippen LogP contribution in [0.1, 0.15) is 16.1 Å². The van der Waals surface area contributed by atoms with E-state index in [1.54, 1.807) is 43.5 Å². The maximum Gasteiger partial charge on any atom is 0.289 e. The summed E-state index contributed by atoms with van der Waals surface area (Å²) in [6.45, 7) is 0. The van der Waals surface area contributed by atoms with Crippen LogP contribution in [0, 0.1) is 0 Å². The van der Waals surface area contributed by atoms with Crippen molar-refractivity contribution in [3.05, 3.63) is 58.9 Å². The molecule has 0 saturated carbocycles. The van der Waals surface area contributed by atoms with Gasteiger partial charge in [-0.15, -0.1) is 0 Å². The minimum atomic E-state index is -1.93. The van der Waals surface area contributed by atoms with Crippen molar-refractivity contribution in [1.82, 2.24) is 10.2 Å². The summed E-state index contributed by atoms with van der Waals surface area (Å²) in [6.07, 6.45) is 1.80. The van der Waals surface area contributed by atoms with Gasteiger partial charge in [-0.2, -0.15) is 0 Å². The Morgan fingerprint density at radius 1 is 1.31 bits per heavy atom. The molecule has 11 heteroatoms. The second-order valence-corrected chi connectivity index (χ2v) is 9.84. The first-order valence-corrected chi connectivity index (χ1v) is 10.4. The highest BCUT2D eigenvalue weighted by Gasteiger charge is 2.37. The number of thioether (sulfide) groups is 1. The number of carbonyl (C=O) groups excluding carboxylic acids is 2. The van der Waals surface area contributed by atoms with E-state index in [9.17, 15) is 9.59 Å². The third-order valence-electron chi connectivity index (χ3n) is 3.72. The standard InChI is InChI=1S/C18H13Cl3N2O4S2/c1-23-15(25)13(29-17(23)28)9-10-4-6-11(7-5-10)27-16(18(19,20)21)22-14(24)12-3-2-8-26-12/h2-9,16H,1H3,(H,22,24)/b13-9-. The largest absolute Gasteiger partial charge is 0.466 e. The maximum absolute atomic E-state index is 12.2. The molecule has 1 aromatic carbocycles. The zero-order valence-electron chi connectivity index (χ0n) is 14.7. The molecule has 1 aromatic heterocycles. The lowest BCUT2D eigenvalue weighted by molar-refractivity contribution is -0.121. The molecule has 1 aliphatic heterocycles. The molecule has 1 unspecified atom stereocenters. The molecule has 1 aliphatic rings. The van der Waals surface area contributed by atoms with Gasteiger partial charge in [0.15, 0.2) is 5.76 Å². The van der Waals surface area contributed by atoms with E-state index in [1.165, 1.54) is 29.0 Å². The van der Waals surface area contributed by atoms with Crippen molar-refractivity contribution in [3.63, 3.8) is 0 Å². The van der Waals surface area contributed by atoms with Crippen molar-refractivity contribution in [1.29, 1.82) is 0 Å². The Morgan fingerprint density at radius 2 is 2.00 bits per heavy atom. The molecule has 0 aliphatic carbocycles. The van der Waals surface area contributed by atoms with Crippen molar-refractivity contribution < 1.29 is 18.7 Å². The SMILES string of the molecule is CN1C(=O)/C(=C/c2ccc(OC(NC(=O)c3ccco3)C(Cl)(Cl)Cl)cc2)SC1=S. The van der Waals surface area contributed by atoms with Gasteiger partial charge in [-0.3, -0.25) is 14.5 Å². The molecule has 6 nitrogen and oxygen atoms in total. The molecule has 3 rings (SSSR count). The summed E-state index contributed by atoms with van der Waals surface area (Å²) in [4.78, 5) is 26.2. The number of halogens is 3. The highest BCUT2D eigenvalue weighted by Crippen LogP contribution is 2.33. The fraction of sp³-hybridized carbons (Fsp3) is 0.167. The lowest BCUT2D eigenvalue weighted by atomic mass is 10.2. The highest BCUT2D eigenvalue weighted by atomic mass is 35.6. The predicted molar refractivity (Wildman–Crippen MR) is 118 cm³/mol. The third-order valence-corrected chi connectivity index (χ3v) is 5.80. The lowest BCUT2D eigenvalue weighted by Crippen LogP contribution is -2.47. The van der Waals surface area contributed by atoms with Crippen LogP contribution >= 0.6 is 58.8 Å². The van der Waals surface area contributed by atoms with Crippen LogP contribution in [-0.4, -0.2) is 38.1 Å². The van der Waals surface area contributed by atoms with Gasteiger partial charge in [0.05, 0.1) is 11.2 Å². The molecule has 152 valence electrons. The number of benzene rings is 1. The van der Waals surface area contributed by atoms with Crippen LogP contribution in [0.4, 0.5) is 0 Å². The van der Waals surface area contributed by atoms with E-state index in [-0.39, 0.29) is 11.7 Å². The molecule has 0 spiro atoms. The van der Waals surface area contributed by atoms with Crippen LogP contribution in [0.3, 0.4) is 0 Å². The molecule has 1 saturated heterocycles. The number of thiocarbonyl (C=S) groups is 1. The zero-order valence-corrected chi connectivity index (χ0v) is 18.6. The first kappa shape index (κ1) is 22.0. The quantitative estimate of drug-likeness (QED) is 0.285. The Hall–Kier alpha value is -1.71. The Labute approximate surface area is 191 Å². The molecule has 2 aromatic rings. The van der Waals surface area contributed by atoms with Crippen molar-refractivity contribution in [3.8, 4) is 5.75 Å². The summed E-state index contributed by atoms with van der Waals surface area (Å²) in [5.74, 6) is -0.348. The highest BCUT2D eigenvalue weighted by molar-refractivity contribution is 8.26. The van der Waals surface area contributed by atoms with Crippen molar-refractivity contribution in [2.75, 3.05) is 7.05 Å². The van der Waals surface area contributed by atoms with Crippen molar-refractivity contribution >= 4 is 81.0 Å². The van der Waals surface area contributed by atoms with Crippen LogP contribution < -0.4 is 10.1 Å². The minimum Gasteiger partial charge on any atom is -0.466 e. The van der Waals surface area contributed by atoms with Gasteiger partial charge < -0.3 is 14.5 Å². The molecule has 0 radical (unpaired) electrons. The number of likely N-dealkylation sites (N-methyl/N-ethyl adjacent to an activating group) is 1. The van der Waals surface area contributed by atoms with Crippen molar-refractivity contribution in [2.24, 2.45) is 0 Å². The van der Waals surface area contributed by atoms with Crippen LogP contribution in [0.2, 0.25) is 0 Å². The molecular formula is C18H13Cl3N2O4S2. The van der Waals surface area contributed by atoms with E-state index >= 15 is 0 Å². The molecular weight excluding hydrogens is 479 g/mol. The normalized spacial score (nSPS) is 17.0. The molecule has 1 N–H and O–H groups in total. The number of carbonyl (C=O) groups is 2. The van der Waals surface area contributed by atoms with Crippen LogP contribution in [-0.2, 0) is 4.79 Å². The summed E-state index contributed by atoms with van der Waals surface area (Å²) in [7, 11) is 1.63. The summed E-state index contributed by atoms with van der Waals surface area (Å²) in [5.41, 5.74) is 0.761. The summed E-state index contributed by atoms with van der Waals surface area (Å²) in [5, 5.41) is 2.47. The Kier molecular flexibility index (Phi) is 6.80. The third kappa shape index (κ3) is 5.46. The zero-order chi connectivity index (χ0) is 21.2. The number of rotatable bonds is 5. The number of ether oxygens (including phenoxy) is 1. The Bertz CT molecular complexity index is 956. The summed E-state index contributed by atoms with van der Waals surface area (Å²) < 4.78 is 9.22. The van der Waals surface area contributed by atoms with Gasteiger partial charge in [-0.25, -0.2) is 0 Å². The van der Waals surface area contributed by atoms with Gasteiger partial charge in [-0.05, 0) is 35.9 Å². The van der Waals surface area contributed by atoms with Gasteiger partial charge in [0.1, 0.15) is 10.1 Å². The monoisotopic (exact) mass is 490 g/mol. The van der Waals surface area contributed by atoms with E-state index in [1.807, 2.05) is 0 Å². The predicted octanol–water partition coefficient (Wildman–Crippen LogP) is 4.62. The second-order valence-electron chi connectivity index (χ2n) is 5.80. The second kappa shape index (κ2) is 8.97. The van der Waals surface area contributed by atoms with Gasteiger partial charge in [0, 0.05) is 7.05 Å². The first-order chi connectivity index (χ1) is 13.6. The van der Waals surface area contributed by atoms with Gasteiger partial charge >= 0.3 is 0 Å². The summed E-state index contributed by atoms with van der Waals surface area (Å²) >= 11 is 24.1. The van der Waals surface area contributed by atoms with Crippen LogP contribution in [0.5, 0.6) is 5.75 Å². The first-order valence-electron chi connectivity index (χ1n) is 8.04. The number of nitrogens with one attached hydrogen (secondary N) is 1. The van der Waals surface area contributed by atoms with Crippen LogP contribution in [0.15, 0.2) is 52.0 Å². The summed E-state index contributed by atoms with van der Waals surface area (Å²) in [6, 6.07) is 9.73. The number of furan rings is 1. The minimum absolute atomic E-state index is 0.0523. The maximum atomic E-state index is 12.2. The van der Waals surface area contributed by atoms with E-state index in [0.717, 1.165) is 5.56 Å². The van der Waals surface area contributed by atoms with E-state index in [0.29, 0.717) is 15.0 Å². The van der Waals surface area contributed by atoms with E-state index in [4.69, 9.17) is 56.2 Å². The Morgan fingerprint density at radius 3 is 2.52 bits per heavy atom. The molecule has 1 atom stereocenters. The number of hydrogen-bond donors (Lipinski definition) is 1. The van der Waals surface area contributed by atoms with Gasteiger partial charge in [0.2, 0.25) is 10.0 Å². The fourth-order valence-electron chi connectivity index (χ4n) is 2.25. The van der Waals surface area contributed by atoms with Gasteiger partial charge in [0.25, 0.3) is 11.8 Å². The number of nitrogens with zero attached hydrogens (tertiary/aromatic N) is 1. The number of alkyl halides is 3. The number of amides is 2. The smallest absolute Gasteiger partial charge is 0.289 e. The van der Waals surface area contributed by atoms with Crippen molar-refractivity contribution in [2.45, 2.75) is 10.0 Å². The average Bonchev–Trinajstić information content (AvgIpc) is 3.28. The van der Waals surface area contributed by atoms with Crippen LogP contribution in [0.25, 0.3) is 6.08 Å². The molecule has 29 heavy (non-hydrogen) atoms. The average molecular weight is 492 g/mol. The van der Waals surface area contributed by atoms with Gasteiger partial charge in [-0.1, -0.05) is 70.9 Å². The number of hydrogen-bond acceptors (Lipinski definition) is 6. The van der Waals surface area contributed by atoms with E-state index < -0.39 is 15.9 Å².